The number of H-pyrrole nitrogens is 1. The lowest BCUT2D eigenvalue weighted by Crippen LogP contribution is -1.92. The number of rotatable bonds is 2. The van der Waals surface area contributed by atoms with Crippen LogP contribution in [0.5, 0.6) is 0 Å². The smallest absolute Gasteiger partial charge is 0.183 e. The highest BCUT2D eigenvalue weighted by atomic mass is 35.5. The quantitative estimate of drug-likeness (QED) is 0.695. The Morgan fingerprint density at radius 3 is 3.00 bits per heavy atom. The van der Waals surface area contributed by atoms with Gasteiger partial charge in [-0.05, 0) is 0 Å². The lowest BCUT2D eigenvalue weighted by Gasteiger charge is -1.90. The summed E-state index contributed by atoms with van der Waals surface area (Å²) in [6, 6.07) is 0. The summed E-state index contributed by atoms with van der Waals surface area (Å²) in [4.78, 5) is 15.0. The largest absolute Gasteiger partial charge is 0.382 e. The van der Waals surface area contributed by atoms with Gasteiger partial charge >= 0.3 is 0 Å². The van der Waals surface area contributed by atoms with E-state index in [0.717, 1.165) is 5.82 Å². The molecular formula is C7H8ClN5. The maximum absolute atomic E-state index is 5.61. The van der Waals surface area contributed by atoms with Crippen LogP contribution in [0.1, 0.15) is 5.82 Å². The number of nitrogens with two attached hydrogens (primary N) is 1. The third-order valence-electron chi connectivity index (χ3n) is 1.70. The van der Waals surface area contributed by atoms with E-state index < -0.39 is 0 Å². The Morgan fingerprint density at radius 1 is 1.46 bits per heavy atom. The van der Waals surface area contributed by atoms with Gasteiger partial charge in [0, 0.05) is 12.3 Å². The number of nitrogens with zero attached hydrogens (tertiary/aromatic N) is 3. The van der Waals surface area contributed by atoms with Crippen LogP contribution >= 0.6 is 11.6 Å². The minimum absolute atomic E-state index is 0.415. The van der Waals surface area contributed by atoms with Crippen LogP contribution in [0.15, 0.2) is 6.33 Å². The maximum Gasteiger partial charge on any atom is 0.183 e. The summed E-state index contributed by atoms with van der Waals surface area (Å²) in [6.45, 7) is 0. The van der Waals surface area contributed by atoms with Crippen LogP contribution in [0.4, 0.5) is 5.82 Å². The Morgan fingerprint density at radius 2 is 2.31 bits per heavy atom. The molecule has 0 radical (unpaired) electrons. The fourth-order valence-corrected chi connectivity index (χ4v) is 1.28. The van der Waals surface area contributed by atoms with Gasteiger partial charge in [0.2, 0.25) is 0 Å². The van der Waals surface area contributed by atoms with Gasteiger partial charge in [0.15, 0.2) is 11.5 Å². The van der Waals surface area contributed by atoms with Gasteiger partial charge < -0.3 is 10.7 Å². The highest BCUT2D eigenvalue weighted by Crippen LogP contribution is 2.13. The lowest BCUT2D eigenvalue weighted by atomic mass is 10.5. The molecule has 0 saturated carbocycles. The summed E-state index contributed by atoms with van der Waals surface area (Å²) in [5.74, 6) is 1.73. The van der Waals surface area contributed by atoms with Gasteiger partial charge in [0.25, 0.3) is 0 Å². The van der Waals surface area contributed by atoms with Crippen LogP contribution < -0.4 is 5.73 Å². The van der Waals surface area contributed by atoms with E-state index in [-0.39, 0.29) is 0 Å². The van der Waals surface area contributed by atoms with E-state index in [1.54, 1.807) is 0 Å². The highest BCUT2D eigenvalue weighted by Gasteiger charge is 2.05. The molecule has 0 amide bonds. The molecule has 0 spiro atoms. The minimum Gasteiger partial charge on any atom is -0.382 e. The molecule has 0 aliphatic rings. The number of nitrogens with one attached hydrogen (secondary N) is 1. The van der Waals surface area contributed by atoms with Crippen LogP contribution in [0, 0.1) is 0 Å². The second kappa shape index (κ2) is 3.18. The van der Waals surface area contributed by atoms with Crippen molar-refractivity contribution in [3.05, 3.63) is 12.2 Å². The molecule has 0 atom stereocenters. The topological polar surface area (TPSA) is 80.5 Å². The molecule has 6 heteroatoms. The molecule has 0 aliphatic carbocycles. The number of hydrogen-bond acceptors (Lipinski definition) is 4. The van der Waals surface area contributed by atoms with Crippen molar-refractivity contribution in [3.8, 4) is 0 Å². The molecule has 3 N–H and O–H groups in total. The molecule has 2 aromatic rings. The number of imidazole rings is 1. The molecule has 0 fully saturated rings. The van der Waals surface area contributed by atoms with E-state index in [1.165, 1.54) is 6.33 Å². The first-order valence-electron chi connectivity index (χ1n) is 3.82. The molecular weight excluding hydrogens is 190 g/mol. The molecule has 5 nitrogen and oxygen atoms in total. The second-order valence-corrected chi connectivity index (χ2v) is 2.96. The number of hydrogen-bond donors (Lipinski definition) is 2. The van der Waals surface area contributed by atoms with Gasteiger partial charge in [-0.25, -0.2) is 15.0 Å². The average Bonchev–Trinajstić information content (AvgIpc) is 2.49. The first kappa shape index (κ1) is 8.25. The van der Waals surface area contributed by atoms with Crippen molar-refractivity contribution in [2.45, 2.75) is 6.42 Å². The number of aryl methyl sites for hydroxylation is 1. The fourth-order valence-electron chi connectivity index (χ4n) is 1.10. The van der Waals surface area contributed by atoms with Gasteiger partial charge in [0.1, 0.15) is 17.7 Å². The molecule has 0 saturated heterocycles. The number of aromatic amines is 1. The summed E-state index contributed by atoms with van der Waals surface area (Å²) in [5.41, 5.74) is 6.88. The third kappa shape index (κ3) is 1.42. The van der Waals surface area contributed by atoms with E-state index in [9.17, 15) is 0 Å². The monoisotopic (exact) mass is 197 g/mol. The average molecular weight is 198 g/mol. The maximum atomic E-state index is 5.61. The normalized spacial score (nSPS) is 10.8. The van der Waals surface area contributed by atoms with E-state index >= 15 is 0 Å². The number of nitrogen functional groups attached to an aromatic ring is 1. The molecule has 2 aromatic heterocycles. The molecule has 68 valence electrons. The first-order chi connectivity index (χ1) is 6.31. The Labute approximate surface area is 79.4 Å². The fraction of sp³-hybridized carbons (Fsp3) is 0.286. The zero-order valence-corrected chi connectivity index (χ0v) is 7.54. The van der Waals surface area contributed by atoms with E-state index in [1.807, 2.05) is 0 Å². The Hall–Kier alpha value is -1.36. The molecule has 2 heterocycles. The van der Waals surface area contributed by atoms with Crippen molar-refractivity contribution >= 4 is 28.6 Å². The number of fused-ring (bicyclic) bond motifs is 1. The summed E-state index contributed by atoms with van der Waals surface area (Å²) in [6.07, 6.45) is 2.07. The molecule has 2 rings (SSSR count). The Kier molecular flexibility index (Phi) is 2.02. The van der Waals surface area contributed by atoms with Gasteiger partial charge in [-0.1, -0.05) is 0 Å². The first-order valence-corrected chi connectivity index (χ1v) is 4.35. The van der Waals surface area contributed by atoms with Crippen molar-refractivity contribution in [2.75, 3.05) is 11.6 Å². The number of halogens is 1. The Bertz CT molecular complexity index is 424. The highest BCUT2D eigenvalue weighted by molar-refractivity contribution is 6.17. The summed E-state index contributed by atoms with van der Waals surface area (Å²) >= 11 is 5.58. The third-order valence-corrected chi connectivity index (χ3v) is 1.89. The molecule has 0 aliphatic heterocycles. The number of alkyl halides is 1. The van der Waals surface area contributed by atoms with Gasteiger partial charge in [-0.3, -0.25) is 0 Å². The van der Waals surface area contributed by atoms with Gasteiger partial charge in [0.05, 0.1) is 0 Å². The molecule has 13 heavy (non-hydrogen) atoms. The standard InChI is InChI=1S/C7H8ClN5/c8-2-1-4-12-5-6(9)10-3-11-7(5)13-4/h3H,1-2H2,(H3,9,10,11,12,13). The minimum atomic E-state index is 0.415. The molecule has 0 aromatic carbocycles. The van der Waals surface area contributed by atoms with Crippen molar-refractivity contribution in [1.82, 2.24) is 19.9 Å². The lowest BCUT2D eigenvalue weighted by molar-refractivity contribution is 1.00. The molecule has 0 unspecified atom stereocenters. The van der Waals surface area contributed by atoms with Crippen LogP contribution in [0.3, 0.4) is 0 Å². The van der Waals surface area contributed by atoms with E-state index in [2.05, 4.69) is 19.9 Å². The van der Waals surface area contributed by atoms with Crippen LogP contribution in [0.25, 0.3) is 11.2 Å². The van der Waals surface area contributed by atoms with Gasteiger partial charge in [-0.15, -0.1) is 11.6 Å². The zero-order valence-electron chi connectivity index (χ0n) is 6.79. The number of anilines is 1. The zero-order chi connectivity index (χ0) is 9.26. The van der Waals surface area contributed by atoms with Gasteiger partial charge in [-0.2, -0.15) is 0 Å². The summed E-state index contributed by atoms with van der Waals surface area (Å²) in [7, 11) is 0. The van der Waals surface area contributed by atoms with Crippen molar-refractivity contribution in [3.63, 3.8) is 0 Å². The predicted molar refractivity (Wildman–Crippen MR) is 50.5 cm³/mol. The van der Waals surface area contributed by atoms with E-state index in [4.69, 9.17) is 17.3 Å². The van der Waals surface area contributed by atoms with E-state index in [0.29, 0.717) is 29.3 Å². The van der Waals surface area contributed by atoms with Crippen LogP contribution in [-0.4, -0.2) is 25.8 Å². The number of aromatic nitrogens is 4. The van der Waals surface area contributed by atoms with Crippen molar-refractivity contribution in [1.29, 1.82) is 0 Å². The predicted octanol–water partition coefficient (Wildman–Crippen LogP) is 0.716. The summed E-state index contributed by atoms with van der Waals surface area (Å²) in [5, 5.41) is 0. The SMILES string of the molecule is Nc1ncnc2nc(CCCl)[nH]c12. The Balaban J connectivity index is 2.55. The molecule has 0 bridgehead atoms. The summed E-state index contributed by atoms with van der Waals surface area (Å²) < 4.78 is 0. The second-order valence-electron chi connectivity index (χ2n) is 2.58. The van der Waals surface area contributed by atoms with Crippen LogP contribution in [0.2, 0.25) is 0 Å². The van der Waals surface area contributed by atoms with Crippen LogP contribution in [-0.2, 0) is 6.42 Å². The van der Waals surface area contributed by atoms with Crippen molar-refractivity contribution < 1.29 is 0 Å². The van der Waals surface area contributed by atoms with Crippen molar-refractivity contribution in [2.24, 2.45) is 0 Å².